The summed E-state index contributed by atoms with van der Waals surface area (Å²) < 4.78 is 18.5. The van der Waals surface area contributed by atoms with E-state index in [1.54, 1.807) is 27.5 Å². The number of hydrogen-bond acceptors (Lipinski definition) is 7. The number of fused-ring (bicyclic) bond motifs is 1. The predicted octanol–water partition coefficient (Wildman–Crippen LogP) is 4.90. The van der Waals surface area contributed by atoms with Crippen LogP contribution >= 0.6 is 23.4 Å². The quantitative estimate of drug-likeness (QED) is 0.373. The van der Waals surface area contributed by atoms with Gasteiger partial charge in [0, 0.05) is 16.5 Å². The maximum atomic E-state index is 6.01. The Morgan fingerprint density at radius 3 is 2.35 bits per heavy atom. The van der Waals surface area contributed by atoms with Crippen molar-refractivity contribution in [1.29, 1.82) is 0 Å². The number of imidazole rings is 1. The number of benzene rings is 2. The minimum Gasteiger partial charge on any atom is -0.493 e. The lowest BCUT2D eigenvalue weighted by Gasteiger charge is -2.14. The Kier molecular flexibility index (Phi) is 6.48. The second-order valence-corrected chi connectivity index (χ2v) is 8.09. The van der Waals surface area contributed by atoms with Crippen molar-refractivity contribution in [3.05, 3.63) is 59.5 Å². The first-order chi connectivity index (χ1) is 15.1. The van der Waals surface area contributed by atoms with Gasteiger partial charge in [0.25, 0.3) is 0 Å². The average molecular weight is 457 g/mol. The molecule has 9 heteroatoms. The number of hydrogen-bond donors (Lipinski definition) is 0. The molecule has 0 saturated carbocycles. The van der Waals surface area contributed by atoms with Crippen LogP contribution in [0.4, 0.5) is 0 Å². The molecule has 2 aromatic carbocycles. The summed E-state index contributed by atoms with van der Waals surface area (Å²) in [6, 6.07) is 11.7. The Morgan fingerprint density at radius 1 is 1.00 bits per heavy atom. The topological polar surface area (TPSA) is 71.3 Å². The smallest absolute Gasteiger partial charge is 0.203 e. The Hall–Kier alpha value is -2.97. The molecule has 31 heavy (non-hydrogen) atoms. The fraction of sp³-hybridized carbons (Fsp3) is 0.227. The van der Waals surface area contributed by atoms with E-state index in [2.05, 4.69) is 14.5 Å². The number of aryl methyl sites for hydroxylation is 2. The van der Waals surface area contributed by atoms with E-state index in [-0.39, 0.29) is 0 Å². The summed E-state index contributed by atoms with van der Waals surface area (Å²) >= 11 is 7.51. The van der Waals surface area contributed by atoms with E-state index < -0.39 is 0 Å². The molecule has 0 N–H and O–H groups in total. The molecular formula is C22H21ClN4O3S. The van der Waals surface area contributed by atoms with Crippen LogP contribution in [0.2, 0.25) is 5.02 Å². The first-order valence-electron chi connectivity index (χ1n) is 9.51. The molecule has 0 aliphatic carbocycles. The van der Waals surface area contributed by atoms with Gasteiger partial charge in [-0.2, -0.15) is 0 Å². The fourth-order valence-corrected chi connectivity index (χ4v) is 4.35. The van der Waals surface area contributed by atoms with E-state index in [1.807, 2.05) is 36.4 Å². The summed E-state index contributed by atoms with van der Waals surface area (Å²) in [4.78, 5) is 14.2. The first-order valence-corrected chi connectivity index (χ1v) is 10.7. The SMILES string of the molecule is COc1cc(Sc2nc3cncnc3n2CCc2ccc(Cl)cc2)cc(OC)c1OC. The number of methoxy groups -OCH3 is 3. The lowest BCUT2D eigenvalue weighted by Crippen LogP contribution is -2.04. The van der Waals surface area contributed by atoms with Crippen LogP contribution < -0.4 is 14.2 Å². The normalized spacial score (nSPS) is 11.0. The lowest BCUT2D eigenvalue weighted by molar-refractivity contribution is 0.323. The second-order valence-electron chi connectivity index (χ2n) is 6.62. The molecule has 0 saturated heterocycles. The predicted molar refractivity (Wildman–Crippen MR) is 121 cm³/mol. The Labute approximate surface area is 189 Å². The molecule has 2 heterocycles. The van der Waals surface area contributed by atoms with Gasteiger partial charge in [-0.3, -0.25) is 0 Å². The monoisotopic (exact) mass is 456 g/mol. The van der Waals surface area contributed by atoms with Crippen molar-refractivity contribution in [3.8, 4) is 17.2 Å². The highest BCUT2D eigenvalue weighted by Crippen LogP contribution is 2.42. The molecule has 0 unspecified atom stereocenters. The molecule has 160 valence electrons. The van der Waals surface area contributed by atoms with E-state index in [4.69, 9.17) is 30.8 Å². The van der Waals surface area contributed by atoms with Gasteiger partial charge in [0.2, 0.25) is 5.75 Å². The van der Waals surface area contributed by atoms with Gasteiger partial charge in [-0.1, -0.05) is 35.5 Å². The molecule has 0 bridgehead atoms. The van der Waals surface area contributed by atoms with Crippen molar-refractivity contribution in [2.75, 3.05) is 21.3 Å². The van der Waals surface area contributed by atoms with Crippen LogP contribution in [0.5, 0.6) is 17.2 Å². The Bertz CT molecular complexity index is 1170. The molecule has 0 atom stereocenters. The van der Waals surface area contributed by atoms with Crippen LogP contribution in [-0.4, -0.2) is 40.8 Å². The minimum atomic E-state index is 0.552. The molecule has 2 aromatic heterocycles. The van der Waals surface area contributed by atoms with Crippen molar-refractivity contribution in [1.82, 2.24) is 19.5 Å². The largest absolute Gasteiger partial charge is 0.493 e. The maximum absolute atomic E-state index is 6.01. The second kappa shape index (κ2) is 9.45. The van der Waals surface area contributed by atoms with Crippen LogP contribution in [-0.2, 0) is 13.0 Å². The highest BCUT2D eigenvalue weighted by molar-refractivity contribution is 7.99. The third-order valence-electron chi connectivity index (χ3n) is 4.76. The van der Waals surface area contributed by atoms with Gasteiger partial charge in [-0.25, -0.2) is 15.0 Å². The van der Waals surface area contributed by atoms with Crippen molar-refractivity contribution in [2.24, 2.45) is 0 Å². The van der Waals surface area contributed by atoms with Crippen LogP contribution in [0.1, 0.15) is 5.56 Å². The molecule has 0 amide bonds. The zero-order valence-corrected chi connectivity index (χ0v) is 18.9. The summed E-state index contributed by atoms with van der Waals surface area (Å²) in [5, 5.41) is 1.53. The summed E-state index contributed by atoms with van der Waals surface area (Å²) in [5.74, 6) is 1.73. The standard InChI is InChI=1S/C22H21ClN4O3S/c1-28-18-10-16(11-19(29-2)20(18)30-3)31-22-26-17-12-24-13-25-21(17)27(22)9-8-14-4-6-15(23)7-5-14/h4-7,10-13H,8-9H2,1-3H3. The third kappa shape index (κ3) is 4.55. The number of rotatable bonds is 8. The maximum Gasteiger partial charge on any atom is 0.203 e. The van der Waals surface area contributed by atoms with Gasteiger partial charge in [-0.05, 0) is 36.2 Å². The van der Waals surface area contributed by atoms with Gasteiger partial charge in [0.1, 0.15) is 11.8 Å². The highest BCUT2D eigenvalue weighted by Gasteiger charge is 2.18. The lowest BCUT2D eigenvalue weighted by atomic mass is 10.1. The van der Waals surface area contributed by atoms with Gasteiger partial charge < -0.3 is 18.8 Å². The summed E-state index contributed by atoms with van der Waals surface area (Å²) in [7, 11) is 4.79. The zero-order valence-electron chi connectivity index (χ0n) is 17.3. The van der Waals surface area contributed by atoms with Gasteiger partial charge in [0.05, 0.1) is 27.5 Å². The van der Waals surface area contributed by atoms with Crippen molar-refractivity contribution >= 4 is 34.5 Å². The molecule has 4 rings (SSSR count). The number of aromatic nitrogens is 4. The minimum absolute atomic E-state index is 0.552. The van der Waals surface area contributed by atoms with Crippen LogP contribution in [0.25, 0.3) is 11.2 Å². The molecular weight excluding hydrogens is 436 g/mol. The van der Waals surface area contributed by atoms with E-state index >= 15 is 0 Å². The number of nitrogens with zero attached hydrogens (tertiary/aromatic N) is 4. The summed E-state index contributed by atoms with van der Waals surface area (Å²) in [6.45, 7) is 0.710. The van der Waals surface area contributed by atoms with Crippen LogP contribution in [0.3, 0.4) is 0 Å². The van der Waals surface area contributed by atoms with Crippen molar-refractivity contribution in [2.45, 2.75) is 23.0 Å². The van der Waals surface area contributed by atoms with Gasteiger partial charge in [0.15, 0.2) is 22.3 Å². The average Bonchev–Trinajstić information content (AvgIpc) is 3.14. The van der Waals surface area contributed by atoms with E-state index in [0.29, 0.717) is 23.8 Å². The van der Waals surface area contributed by atoms with Crippen molar-refractivity contribution in [3.63, 3.8) is 0 Å². The van der Waals surface area contributed by atoms with Crippen LogP contribution in [0.15, 0.2) is 59.0 Å². The van der Waals surface area contributed by atoms with Gasteiger partial charge >= 0.3 is 0 Å². The van der Waals surface area contributed by atoms with Crippen LogP contribution in [0, 0.1) is 0 Å². The molecule has 0 aliphatic heterocycles. The summed E-state index contributed by atoms with van der Waals surface area (Å²) in [6.07, 6.45) is 4.08. The van der Waals surface area contributed by atoms with Gasteiger partial charge in [-0.15, -0.1) is 0 Å². The first kappa shape index (κ1) is 21.3. The molecule has 0 spiro atoms. The highest BCUT2D eigenvalue weighted by atomic mass is 35.5. The Balaban J connectivity index is 1.69. The van der Waals surface area contributed by atoms with E-state index in [1.165, 1.54) is 23.7 Å². The molecule has 4 aromatic rings. The number of halogens is 1. The molecule has 0 fully saturated rings. The van der Waals surface area contributed by atoms with E-state index in [9.17, 15) is 0 Å². The fourth-order valence-electron chi connectivity index (χ4n) is 3.25. The molecule has 0 aliphatic rings. The number of ether oxygens (including phenoxy) is 3. The Morgan fingerprint density at radius 2 is 1.71 bits per heavy atom. The molecule has 7 nitrogen and oxygen atoms in total. The third-order valence-corrected chi connectivity index (χ3v) is 5.98. The summed E-state index contributed by atoms with van der Waals surface area (Å²) in [5.41, 5.74) is 2.72. The van der Waals surface area contributed by atoms with Crippen molar-refractivity contribution < 1.29 is 14.2 Å². The van der Waals surface area contributed by atoms with E-state index in [0.717, 1.165) is 32.7 Å². The zero-order chi connectivity index (χ0) is 21.8. The molecule has 0 radical (unpaired) electrons.